The zero-order valence-electron chi connectivity index (χ0n) is 15.4. The number of benzene rings is 1. The molecule has 2 amide bonds. The van der Waals surface area contributed by atoms with Gasteiger partial charge in [-0.05, 0) is 49.2 Å². The SMILES string of the molecule is NS(=O)(=O)c1ccc(CCNC(=O)CN2C(=O)C3CCCCC3NC2=S)cc1. The molecule has 1 saturated heterocycles. The molecule has 2 aliphatic rings. The van der Waals surface area contributed by atoms with Crippen LogP contribution in [0.25, 0.3) is 0 Å². The maximum Gasteiger partial charge on any atom is 0.240 e. The molecule has 1 heterocycles. The van der Waals surface area contributed by atoms with Crippen molar-refractivity contribution in [3.8, 4) is 0 Å². The molecule has 1 aliphatic heterocycles. The van der Waals surface area contributed by atoms with Crippen molar-refractivity contribution in [2.75, 3.05) is 13.1 Å². The summed E-state index contributed by atoms with van der Waals surface area (Å²) in [6.07, 6.45) is 4.39. The highest BCUT2D eigenvalue weighted by molar-refractivity contribution is 7.89. The van der Waals surface area contributed by atoms with Gasteiger partial charge in [-0.3, -0.25) is 14.5 Å². The van der Waals surface area contributed by atoms with Crippen molar-refractivity contribution < 1.29 is 18.0 Å². The molecule has 0 radical (unpaired) electrons. The third-order valence-electron chi connectivity index (χ3n) is 5.19. The molecule has 28 heavy (non-hydrogen) atoms. The van der Waals surface area contributed by atoms with Gasteiger partial charge in [0.15, 0.2) is 5.11 Å². The first-order valence-corrected chi connectivity index (χ1v) is 11.2. The maximum atomic E-state index is 12.7. The molecule has 8 nitrogen and oxygen atoms in total. The van der Waals surface area contributed by atoms with Crippen LogP contribution in [0, 0.1) is 5.92 Å². The number of nitrogens with zero attached hydrogens (tertiary/aromatic N) is 1. The number of hydrogen-bond acceptors (Lipinski definition) is 5. The predicted octanol–water partition coefficient (Wildman–Crippen LogP) is 0.268. The molecule has 2 atom stereocenters. The molecule has 2 fully saturated rings. The van der Waals surface area contributed by atoms with E-state index in [1.54, 1.807) is 12.1 Å². The standard InChI is InChI=1S/C18H24N4O4S2/c19-28(25,26)13-7-5-12(6-8-13)9-10-20-16(23)11-22-17(24)14-3-1-2-4-15(14)21-18(22)27/h5-8,14-15H,1-4,9-11H2,(H,20,23)(H,21,27)(H2,19,25,26). The van der Waals surface area contributed by atoms with Crippen molar-refractivity contribution in [1.29, 1.82) is 0 Å². The molecule has 0 bridgehead atoms. The molecule has 2 unspecified atom stereocenters. The van der Waals surface area contributed by atoms with Crippen LogP contribution in [0.15, 0.2) is 29.2 Å². The van der Waals surface area contributed by atoms with Gasteiger partial charge in [0, 0.05) is 12.6 Å². The number of primary sulfonamides is 1. The zero-order valence-corrected chi connectivity index (χ0v) is 17.0. The van der Waals surface area contributed by atoms with Crippen molar-refractivity contribution in [1.82, 2.24) is 15.5 Å². The number of rotatable bonds is 6. The van der Waals surface area contributed by atoms with Crippen LogP contribution in [-0.2, 0) is 26.0 Å². The smallest absolute Gasteiger partial charge is 0.240 e. The van der Waals surface area contributed by atoms with Crippen LogP contribution < -0.4 is 15.8 Å². The molecule has 1 aromatic carbocycles. The summed E-state index contributed by atoms with van der Waals surface area (Å²) in [5, 5.41) is 11.4. The van der Waals surface area contributed by atoms with E-state index in [1.807, 2.05) is 0 Å². The van der Waals surface area contributed by atoms with Gasteiger partial charge in [0.25, 0.3) is 0 Å². The summed E-state index contributed by atoms with van der Waals surface area (Å²) in [5.41, 5.74) is 0.865. The quantitative estimate of drug-likeness (QED) is 0.564. The van der Waals surface area contributed by atoms with Crippen LogP contribution in [0.1, 0.15) is 31.2 Å². The molecule has 152 valence electrons. The Morgan fingerprint density at radius 1 is 1.25 bits per heavy atom. The Morgan fingerprint density at radius 3 is 2.61 bits per heavy atom. The van der Waals surface area contributed by atoms with Crippen LogP contribution >= 0.6 is 12.2 Å². The van der Waals surface area contributed by atoms with Gasteiger partial charge >= 0.3 is 0 Å². The minimum atomic E-state index is -3.71. The number of hydrogen-bond donors (Lipinski definition) is 3. The summed E-state index contributed by atoms with van der Waals surface area (Å²) in [6, 6.07) is 6.27. The first kappa shape index (κ1) is 20.7. The fourth-order valence-electron chi connectivity index (χ4n) is 3.68. The van der Waals surface area contributed by atoms with Crippen molar-refractivity contribution >= 4 is 39.2 Å². The molecule has 10 heteroatoms. The molecule has 1 saturated carbocycles. The molecule has 4 N–H and O–H groups in total. The first-order chi connectivity index (χ1) is 13.3. The predicted molar refractivity (Wildman–Crippen MR) is 108 cm³/mol. The summed E-state index contributed by atoms with van der Waals surface area (Å²) in [4.78, 5) is 26.3. The van der Waals surface area contributed by atoms with Crippen molar-refractivity contribution in [2.45, 2.75) is 43.0 Å². The normalized spacial score (nSPS) is 22.4. The van der Waals surface area contributed by atoms with Crippen LogP contribution in [0.4, 0.5) is 0 Å². The molecule has 0 spiro atoms. The minimum Gasteiger partial charge on any atom is -0.359 e. The first-order valence-electron chi connectivity index (χ1n) is 9.26. The summed E-state index contributed by atoms with van der Waals surface area (Å²) in [7, 11) is -3.71. The van der Waals surface area contributed by atoms with E-state index in [4.69, 9.17) is 17.4 Å². The van der Waals surface area contributed by atoms with E-state index < -0.39 is 10.0 Å². The summed E-state index contributed by atoms with van der Waals surface area (Å²) in [6.45, 7) is 0.264. The number of thiocarbonyl (C=S) groups is 1. The van der Waals surface area contributed by atoms with Gasteiger partial charge in [-0.2, -0.15) is 0 Å². The number of amides is 2. The maximum absolute atomic E-state index is 12.7. The fourth-order valence-corrected chi connectivity index (χ4v) is 4.50. The van der Waals surface area contributed by atoms with Gasteiger partial charge in [-0.25, -0.2) is 13.6 Å². The van der Waals surface area contributed by atoms with Gasteiger partial charge < -0.3 is 10.6 Å². The summed E-state index contributed by atoms with van der Waals surface area (Å²) in [5.74, 6) is -0.458. The van der Waals surface area contributed by atoms with Crippen LogP contribution in [0.5, 0.6) is 0 Å². The molecular formula is C18H24N4O4S2. The third kappa shape index (κ3) is 4.86. The second-order valence-electron chi connectivity index (χ2n) is 7.16. The van der Waals surface area contributed by atoms with Gasteiger partial charge in [0.05, 0.1) is 10.8 Å². The Bertz CT molecular complexity index is 870. The van der Waals surface area contributed by atoms with Gasteiger partial charge in [0.1, 0.15) is 6.54 Å². The van der Waals surface area contributed by atoms with E-state index in [1.165, 1.54) is 17.0 Å². The highest BCUT2D eigenvalue weighted by atomic mass is 32.2. The lowest BCUT2D eigenvalue weighted by molar-refractivity contribution is -0.138. The van der Waals surface area contributed by atoms with Gasteiger partial charge in [-0.1, -0.05) is 25.0 Å². The van der Waals surface area contributed by atoms with Crippen molar-refractivity contribution in [3.05, 3.63) is 29.8 Å². The summed E-state index contributed by atoms with van der Waals surface area (Å²) >= 11 is 5.28. The van der Waals surface area contributed by atoms with Gasteiger partial charge in [0.2, 0.25) is 21.8 Å². The van der Waals surface area contributed by atoms with Crippen molar-refractivity contribution in [3.63, 3.8) is 0 Å². The zero-order chi connectivity index (χ0) is 20.3. The van der Waals surface area contributed by atoms with E-state index >= 15 is 0 Å². The Kier molecular flexibility index (Phi) is 6.31. The highest BCUT2D eigenvalue weighted by Crippen LogP contribution is 2.29. The third-order valence-corrected chi connectivity index (χ3v) is 6.46. The average molecular weight is 425 g/mol. The van der Waals surface area contributed by atoms with Crippen LogP contribution in [0.3, 0.4) is 0 Å². The van der Waals surface area contributed by atoms with E-state index in [9.17, 15) is 18.0 Å². The number of carbonyl (C=O) groups excluding carboxylic acids is 2. The van der Waals surface area contributed by atoms with Gasteiger partial charge in [-0.15, -0.1) is 0 Å². The highest BCUT2D eigenvalue weighted by Gasteiger charge is 2.40. The second-order valence-corrected chi connectivity index (χ2v) is 9.11. The van der Waals surface area contributed by atoms with Crippen LogP contribution in [-0.4, -0.2) is 49.4 Å². The van der Waals surface area contributed by atoms with E-state index in [-0.39, 0.29) is 35.2 Å². The number of nitrogens with two attached hydrogens (primary N) is 1. The monoisotopic (exact) mass is 424 g/mol. The lowest BCUT2D eigenvalue weighted by Gasteiger charge is -2.41. The molecule has 3 rings (SSSR count). The lowest BCUT2D eigenvalue weighted by Crippen LogP contribution is -2.62. The summed E-state index contributed by atoms with van der Waals surface area (Å²) < 4.78 is 22.5. The second kappa shape index (κ2) is 8.54. The molecular weight excluding hydrogens is 400 g/mol. The van der Waals surface area contributed by atoms with E-state index in [0.717, 1.165) is 31.2 Å². The lowest BCUT2D eigenvalue weighted by atomic mass is 9.82. The Labute approximate surface area is 169 Å². The number of carbonyl (C=O) groups is 2. The average Bonchev–Trinajstić information content (AvgIpc) is 2.65. The fraction of sp³-hybridized carbons (Fsp3) is 0.500. The number of sulfonamides is 1. The number of nitrogens with one attached hydrogen (secondary N) is 2. The molecule has 1 aromatic rings. The molecule has 1 aliphatic carbocycles. The van der Waals surface area contributed by atoms with E-state index in [0.29, 0.717) is 18.1 Å². The number of fused-ring (bicyclic) bond motifs is 1. The van der Waals surface area contributed by atoms with E-state index in [2.05, 4.69) is 10.6 Å². The minimum absolute atomic E-state index is 0.0472. The topological polar surface area (TPSA) is 122 Å². The Morgan fingerprint density at radius 2 is 1.93 bits per heavy atom. The van der Waals surface area contributed by atoms with Crippen LogP contribution in [0.2, 0.25) is 0 Å². The largest absolute Gasteiger partial charge is 0.359 e. The van der Waals surface area contributed by atoms with Crippen molar-refractivity contribution in [2.24, 2.45) is 11.1 Å². The Balaban J connectivity index is 1.49. The molecule has 0 aromatic heterocycles. The Hall–Kier alpha value is -2.04.